The Bertz CT molecular complexity index is 1240. The quantitative estimate of drug-likeness (QED) is 0.448. The summed E-state index contributed by atoms with van der Waals surface area (Å²) in [6.07, 6.45) is -4.05. The van der Waals surface area contributed by atoms with Crippen LogP contribution in [-0.4, -0.2) is 50.5 Å². The molecule has 2 amide bonds. The van der Waals surface area contributed by atoms with E-state index in [2.05, 4.69) is 5.32 Å². The second kappa shape index (κ2) is 11.9. The maximum atomic E-state index is 13.4. The number of hydrogen-bond donors (Lipinski definition) is 1. The highest BCUT2D eigenvalue weighted by Gasteiger charge is 2.34. The Kier molecular flexibility index (Phi) is 9.91. The molecule has 2 aromatic rings. The summed E-state index contributed by atoms with van der Waals surface area (Å²) < 4.78 is 65.4. The van der Waals surface area contributed by atoms with E-state index in [1.165, 1.54) is 19.1 Å². The molecule has 0 aromatic heterocycles. The number of carbonyl (C=O) groups excluding carboxylic acids is 2. The van der Waals surface area contributed by atoms with Gasteiger partial charge in [-0.1, -0.05) is 40.9 Å². The first-order valence-electron chi connectivity index (χ1n) is 10.4. The van der Waals surface area contributed by atoms with Crippen molar-refractivity contribution in [3.63, 3.8) is 0 Å². The van der Waals surface area contributed by atoms with Crippen LogP contribution in [0.1, 0.15) is 25.0 Å². The fourth-order valence-corrected chi connectivity index (χ4v) is 4.66. The number of amides is 2. The molecule has 0 radical (unpaired) electrons. The van der Waals surface area contributed by atoms with Crippen molar-refractivity contribution in [3.8, 4) is 0 Å². The minimum absolute atomic E-state index is 0.165. The molecule has 36 heavy (non-hydrogen) atoms. The molecule has 0 aliphatic rings. The van der Waals surface area contributed by atoms with Gasteiger partial charge in [-0.3, -0.25) is 13.9 Å². The Morgan fingerprint density at radius 3 is 2.17 bits per heavy atom. The zero-order chi connectivity index (χ0) is 27.4. The normalized spacial score (nSPS) is 12.7. The topological polar surface area (TPSA) is 86.8 Å². The highest BCUT2D eigenvalue weighted by molar-refractivity contribution is 7.92. The van der Waals surface area contributed by atoms with Gasteiger partial charge in [0.2, 0.25) is 21.8 Å². The molecule has 0 fully saturated rings. The average Bonchev–Trinajstić information content (AvgIpc) is 2.76. The fourth-order valence-electron chi connectivity index (χ4n) is 3.21. The van der Waals surface area contributed by atoms with Gasteiger partial charge in [-0.15, -0.1) is 0 Å². The van der Waals surface area contributed by atoms with Crippen molar-refractivity contribution in [1.82, 2.24) is 10.2 Å². The van der Waals surface area contributed by atoms with Gasteiger partial charge in [-0.2, -0.15) is 13.2 Å². The first kappa shape index (κ1) is 30.0. The number of hydrogen-bond acceptors (Lipinski definition) is 4. The van der Waals surface area contributed by atoms with Crippen LogP contribution in [0.25, 0.3) is 0 Å². The molecule has 1 atom stereocenters. The Morgan fingerprint density at radius 1 is 1.03 bits per heavy atom. The number of halogens is 6. The van der Waals surface area contributed by atoms with Gasteiger partial charge in [0.15, 0.2) is 0 Å². The summed E-state index contributed by atoms with van der Waals surface area (Å²) in [5.41, 5.74) is -1.19. The van der Waals surface area contributed by atoms with E-state index in [1.807, 2.05) is 0 Å². The summed E-state index contributed by atoms with van der Waals surface area (Å²) in [5, 5.41) is 2.72. The number of nitrogens with one attached hydrogen (secondary N) is 1. The number of anilines is 1. The average molecular weight is 589 g/mol. The molecule has 0 bridgehead atoms. The lowest BCUT2D eigenvalue weighted by molar-refractivity contribution is -0.139. The van der Waals surface area contributed by atoms with Gasteiger partial charge in [0.05, 0.1) is 32.6 Å². The van der Waals surface area contributed by atoms with Gasteiger partial charge in [0.1, 0.15) is 12.6 Å². The van der Waals surface area contributed by atoms with E-state index >= 15 is 0 Å². The van der Waals surface area contributed by atoms with Crippen LogP contribution in [-0.2, 0) is 32.3 Å². The molecule has 0 saturated carbocycles. The summed E-state index contributed by atoms with van der Waals surface area (Å²) in [5.74, 6) is -1.38. The number of rotatable bonds is 9. The van der Waals surface area contributed by atoms with Crippen LogP contribution in [0.4, 0.5) is 18.9 Å². The second-order valence-electron chi connectivity index (χ2n) is 7.77. The number of nitrogens with zero attached hydrogens (tertiary/aromatic N) is 2. The minimum Gasteiger partial charge on any atom is -0.355 e. The van der Waals surface area contributed by atoms with Gasteiger partial charge in [0, 0.05) is 13.1 Å². The molecule has 0 aliphatic carbocycles. The van der Waals surface area contributed by atoms with Crippen molar-refractivity contribution >= 4 is 62.3 Å². The van der Waals surface area contributed by atoms with Gasteiger partial charge in [0.25, 0.3) is 0 Å². The molecule has 0 heterocycles. The smallest absolute Gasteiger partial charge is 0.355 e. The third kappa shape index (κ3) is 7.64. The van der Waals surface area contributed by atoms with Crippen LogP contribution >= 0.6 is 34.8 Å². The van der Waals surface area contributed by atoms with Gasteiger partial charge >= 0.3 is 6.18 Å². The number of likely N-dealkylation sites (N-methyl/N-ethyl adjacent to an activating group) is 1. The molecule has 2 rings (SSSR count). The van der Waals surface area contributed by atoms with Gasteiger partial charge in [-0.25, -0.2) is 8.42 Å². The van der Waals surface area contributed by atoms with E-state index in [9.17, 15) is 31.2 Å². The SMILES string of the molecule is CCNC(=O)C(C)N(Cc1ccc(Cl)c(Cl)c1)C(=O)CN(c1cc(C(F)(F)F)ccc1Cl)S(C)(=O)=O. The van der Waals surface area contributed by atoms with E-state index in [0.29, 0.717) is 22.0 Å². The Hall–Kier alpha value is -2.21. The predicted octanol–water partition coefficient (Wildman–Crippen LogP) is 4.99. The molecule has 14 heteroatoms. The standard InChI is InChI=1S/C22H23Cl3F3N3O4S/c1-4-29-21(33)13(2)30(11-14-5-7-16(23)18(25)9-14)20(32)12-31(36(3,34)35)19-10-15(22(26,27)28)6-8-17(19)24/h5-10,13H,4,11-12H2,1-3H3,(H,29,33). The maximum Gasteiger partial charge on any atom is 0.416 e. The van der Waals surface area contributed by atoms with Crippen LogP contribution in [0.5, 0.6) is 0 Å². The molecule has 1 N–H and O–H groups in total. The molecule has 0 saturated heterocycles. The van der Waals surface area contributed by atoms with Crippen molar-refractivity contribution in [2.45, 2.75) is 32.6 Å². The lowest BCUT2D eigenvalue weighted by Crippen LogP contribution is -2.51. The van der Waals surface area contributed by atoms with E-state index in [-0.39, 0.29) is 28.2 Å². The lowest BCUT2D eigenvalue weighted by atomic mass is 10.1. The van der Waals surface area contributed by atoms with Gasteiger partial charge in [-0.05, 0) is 49.7 Å². The first-order chi connectivity index (χ1) is 16.6. The molecule has 198 valence electrons. The molecule has 0 aliphatic heterocycles. The fraction of sp³-hybridized carbons (Fsp3) is 0.364. The highest BCUT2D eigenvalue weighted by atomic mass is 35.5. The summed E-state index contributed by atoms with van der Waals surface area (Å²) in [7, 11) is -4.28. The Balaban J connectivity index is 2.51. The van der Waals surface area contributed by atoms with E-state index in [0.717, 1.165) is 17.2 Å². The zero-order valence-corrected chi connectivity index (χ0v) is 22.5. The third-order valence-electron chi connectivity index (χ3n) is 5.08. The third-order valence-corrected chi connectivity index (χ3v) is 7.26. The molecular weight excluding hydrogens is 566 g/mol. The lowest BCUT2D eigenvalue weighted by Gasteiger charge is -2.32. The minimum atomic E-state index is -4.78. The van der Waals surface area contributed by atoms with E-state index < -0.39 is 51.9 Å². The number of alkyl halides is 3. The van der Waals surface area contributed by atoms with Crippen molar-refractivity contribution < 1.29 is 31.2 Å². The highest BCUT2D eigenvalue weighted by Crippen LogP contribution is 2.36. The summed E-state index contributed by atoms with van der Waals surface area (Å²) in [4.78, 5) is 27.0. The first-order valence-corrected chi connectivity index (χ1v) is 13.4. The molecule has 1 unspecified atom stereocenters. The van der Waals surface area contributed by atoms with Crippen LogP contribution in [0.15, 0.2) is 36.4 Å². The van der Waals surface area contributed by atoms with E-state index in [1.54, 1.807) is 13.0 Å². The van der Waals surface area contributed by atoms with Crippen LogP contribution in [0, 0.1) is 0 Å². The summed E-state index contributed by atoms with van der Waals surface area (Å²) in [6, 6.07) is 5.61. The van der Waals surface area contributed by atoms with Crippen molar-refractivity contribution in [2.75, 3.05) is 23.7 Å². The maximum absolute atomic E-state index is 13.4. The van der Waals surface area contributed by atoms with Crippen LogP contribution in [0.2, 0.25) is 15.1 Å². The Morgan fingerprint density at radius 2 is 1.64 bits per heavy atom. The predicted molar refractivity (Wildman–Crippen MR) is 134 cm³/mol. The summed E-state index contributed by atoms with van der Waals surface area (Å²) >= 11 is 18.0. The molecule has 2 aromatic carbocycles. The van der Waals surface area contributed by atoms with Gasteiger partial charge < -0.3 is 10.2 Å². The zero-order valence-electron chi connectivity index (χ0n) is 19.4. The van der Waals surface area contributed by atoms with Crippen LogP contribution < -0.4 is 9.62 Å². The van der Waals surface area contributed by atoms with Crippen molar-refractivity contribution in [3.05, 3.63) is 62.6 Å². The monoisotopic (exact) mass is 587 g/mol. The molecule has 7 nitrogen and oxygen atoms in total. The molecular formula is C22H23Cl3F3N3O4S. The van der Waals surface area contributed by atoms with Crippen molar-refractivity contribution in [1.29, 1.82) is 0 Å². The van der Waals surface area contributed by atoms with Crippen molar-refractivity contribution in [2.24, 2.45) is 0 Å². The number of sulfonamides is 1. The second-order valence-corrected chi connectivity index (χ2v) is 10.9. The Labute approximate surface area is 222 Å². The summed E-state index contributed by atoms with van der Waals surface area (Å²) in [6.45, 7) is 2.30. The largest absolute Gasteiger partial charge is 0.416 e. The molecule has 0 spiro atoms. The van der Waals surface area contributed by atoms with Crippen LogP contribution in [0.3, 0.4) is 0 Å². The van der Waals surface area contributed by atoms with E-state index in [4.69, 9.17) is 34.8 Å². The number of carbonyl (C=O) groups is 2. The number of benzene rings is 2.